The molecule has 4 fully saturated rings. The molecule has 3 heterocycles. The summed E-state index contributed by atoms with van der Waals surface area (Å²) in [7, 11) is 0. The van der Waals surface area contributed by atoms with Gasteiger partial charge in [0.1, 0.15) is 0 Å². The number of nitrogens with zero attached hydrogens (tertiary/aromatic N) is 4. The second-order valence-electron chi connectivity index (χ2n) is 19.4. The van der Waals surface area contributed by atoms with Crippen LogP contribution in [0.1, 0.15) is 44.1 Å². The minimum Gasteiger partial charge on any atom is -0.309 e. The van der Waals surface area contributed by atoms with Crippen molar-refractivity contribution in [2.75, 3.05) is 0 Å². The summed E-state index contributed by atoms with van der Waals surface area (Å²) in [6.07, 6.45) is 8.49. The van der Waals surface area contributed by atoms with Crippen LogP contribution in [0.4, 0.5) is 0 Å². The summed E-state index contributed by atoms with van der Waals surface area (Å²) in [6.45, 7) is 0. The van der Waals surface area contributed by atoms with Crippen LogP contribution in [-0.2, 0) is 5.41 Å². The normalized spacial score (nSPS) is 20.0. The molecule has 66 heavy (non-hydrogen) atoms. The Labute approximate surface area is 388 Å². The minimum absolute atomic E-state index is 0.359. The number of fused-ring (bicyclic) bond motifs is 6. The van der Waals surface area contributed by atoms with Crippen molar-refractivity contribution in [1.29, 1.82) is 0 Å². The van der Waals surface area contributed by atoms with E-state index in [4.69, 9.17) is 15.0 Å². The fraction of sp³-hybridized carbons (Fsp3) is 0.164. The molecule has 4 nitrogen and oxygen atoms in total. The maximum absolute atomic E-state index is 5.43. The first kappa shape index (κ1) is 38.1. The van der Waals surface area contributed by atoms with Gasteiger partial charge < -0.3 is 4.57 Å². The van der Waals surface area contributed by atoms with Crippen molar-refractivity contribution in [1.82, 2.24) is 19.5 Å². The van der Waals surface area contributed by atoms with Gasteiger partial charge in [0, 0.05) is 53.3 Å². The molecule has 4 aliphatic rings. The highest BCUT2D eigenvalue weighted by molar-refractivity contribution is 7.26. The Hall–Kier alpha value is -7.21. The molecule has 4 saturated carbocycles. The topological polar surface area (TPSA) is 43.6 Å². The first-order valence-electron chi connectivity index (χ1n) is 23.7. The summed E-state index contributed by atoms with van der Waals surface area (Å²) in [5.41, 5.74) is 12.9. The molecule has 5 heteroatoms. The van der Waals surface area contributed by atoms with Gasteiger partial charge in [-0.15, -0.1) is 11.3 Å². The second kappa shape index (κ2) is 14.9. The Kier molecular flexibility index (Phi) is 8.61. The third-order valence-electron chi connectivity index (χ3n) is 15.4. The molecule has 0 aliphatic heterocycles. The van der Waals surface area contributed by atoms with Crippen molar-refractivity contribution in [3.63, 3.8) is 0 Å². The Morgan fingerprint density at radius 3 is 1.67 bits per heavy atom. The van der Waals surface area contributed by atoms with E-state index in [1.54, 1.807) is 16.9 Å². The van der Waals surface area contributed by atoms with Crippen molar-refractivity contribution >= 4 is 53.3 Å². The van der Waals surface area contributed by atoms with Gasteiger partial charge in [0.15, 0.2) is 17.5 Å². The summed E-state index contributed by atoms with van der Waals surface area (Å²) in [4.78, 5) is 16.3. The Balaban J connectivity index is 0.961. The van der Waals surface area contributed by atoms with E-state index < -0.39 is 0 Å². The van der Waals surface area contributed by atoms with Crippen molar-refractivity contribution in [2.24, 2.45) is 17.8 Å². The molecule has 0 spiro atoms. The van der Waals surface area contributed by atoms with Crippen LogP contribution in [0.3, 0.4) is 0 Å². The number of hydrogen-bond donors (Lipinski definition) is 0. The molecule has 0 radical (unpaired) electrons. The Morgan fingerprint density at radius 1 is 0.409 bits per heavy atom. The molecule has 8 aromatic carbocycles. The van der Waals surface area contributed by atoms with E-state index in [2.05, 4.69) is 193 Å². The van der Waals surface area contributed by atoms with Crippen molar-refractivity contribution in [3.8, 4) is 62.1 Å². The molecule has 15 rings (SSSR count). The average molecular weight is 867 g/mol. The van der Waals surface area contributed by atoms with Crippen LogP contribution in [0.2, 0.25) is 0 Å². The number of hydrogen-bond acceptors (Lipinski definition) is 4. The molecule has 4 bridgehead atoms. The monoisotopic (exact) mass is 866 g/mol. The predicted octanol–water partition coefficient (Wildman–Crippen LogP) is 16.1. The third kappa shape index (κ3) is 6.20. The molecular formula is C61H46N4S. The maximum atomic E-state index is 5.43. The lowest BCUT2D eigenvalue weighted by molar-refractivity contribution is -0.00518. The lowest BCUT2D eigenvalue weighted by Crippen LogP contribution is -2.48. The SMILES string of the molecule is c1ccc(-c2cc(-c3ccccc3)cc(-c3nc(-c4ccc5c6ccccc6n(-c6ccc(C78CC9CC(CC(C9)C7)C8)cc6)c5c4)nc(-c4cccc5c4sc4ccccc45)n3)c2)cc1. The van der Waals surface area contributed by atoms with Gasteiger partial charge in [-0.1, -0.05) is 133 Å². The molecule has 0 N–H and O–H groups in total. The largest absolute Gasteiger partial charge is 0.309 e. The van der Waals surface area contributed by atoms with E-state index in [0.29, 0.717) is 22.9 Å². The zero-order valence-electron chi connectivity index (χ0n) is 36.6. The van der Waals surface area contributed by atoms with Gasteiger partial charge in [-0.25, -0.2) is 15.0 Å². The lowest BCUT2D eigenvalue weighted by Gasteiger charge is -2.57. The van der Waals surface area contributed by atoms with Crippen LogP contribution in [0.25, 0.3) is 104 Å². The van der Waals surface area contributed by atoms with Crippen molar-refractivity contribution in [3.05, 3.63) is 194 Å². The summed E-state index contributed by atoms with van der Waals surface area (Å²) < 4.78 is 4.88. The van der Waals surface area contributed by atoms with Crippen LogP contribution >= 0.6 is 11.3 Å². The fourth-order valence-corrected chi connectivity index (χ4v) is 14.1. The Morgan fingerprint density at radius 2 is 0.970 bits per heavy atom. The third-order valence-corrected chi connectivity index (χ3v) is 16.6. The molecule has 0 saturated heterocycles. The van der Waals surface area contributed by atoms with Crippen LogP contribution in [0.15, 0.2) is 188 Å². The average Bonchev–Trinajstić information content (AvgIpc) is 3.92. The highest BCUT2D eigenvalue weighted by Gasteiger charge is 2.51. The van der Waals surface area contributed by atoms with Gasteiger partial charge in [-0.2, -0.15) is 0 Å². The summed E-state index contributed by atoms with van der Waals surface area (Å²) in [5, 5.41) is 4.92. The number of rotatable bonds is 7. The maximum Gasteiger partial charge on any atom is 0.165 e. The van der Waals surface area contributed by atoms with E-state index in [-0.39, 0.29) is 0 Å². The van der Waals surface area contributed by atoms with Crippen LogP contribution < -0.4 is 0 Å². The zero-order chi connectivity index (χ0) is 43.3. The minimum atomic E-state index is 0.359. The fourth-order valence-electron chi connectivity index (χ4n) is 12.8. The zero-order valence-corrected chi connectivity index (χ0v) is 37.4. The van der Waals surface area contributed by atoms with E-state index in [1.165, 1.54) is 80.7 Å². The Bertz CT molecular complexity index is 3590. The molecule has 0 atom stereocenters. The first-order valence-corrected chi connectivity index (χ1v) is 24.5. The molecule has 0 amide bonds. The van der Waals surface area contributed by atoms with Crippen molar-refractivity contribution < 1.29 is 0 Å². The highest BCUT2D eigenvalue weighted by Crippen LogP contribution is 2.61. The summed E-state index contributed by atoms with van der Waals surface area (Å²) >= 11 is 1.80. The standard InChI is InChI=1S/C61H46N4S/c1-3-12-41(13-4-1)44-31-45(42-14-5-2-6-15-42)33-46(32-44)59-62-58(63-60(64-59)53-19-11-18-52-51-17-8-10-21-56(51)66-57(52)53)43-22-27-50-49-16-7-9-20-54(49)65(55(50)34-43)48-25-23-47(24-26-48)61-35-38-28-39(36-61)30-40(29-38)37-61/h1-27,31-34,38-40H,28-30,35-37H2. The van der Waals surface area contributed by atoms with E-state index in [1.807, 2.05) is 0 Å². The van der Waals surface area contributed by atoms with Crippen LogP contribution in [0, 0.1) is 17.8 Å². The van der Waals surface area contributed by atoms with Gasteiger partial charge in [0.05, 0.1) is 11.0 Å². The summed E-state index contributed by atoms with van der Waals surface area (Å²) in [5.74, 6) is 4.71. The number of thiophene rings is 1. The molecule has 0 unspecified atom stereocenters. The summed E-state index contributed by atoms with van der Waals surface area (Å²) in [6, 6.07) is 68.5. The van der Waals surface area contributed by atoms with Gasteiger partial charge >= 0.3 is 0 Å². The molecular weight excluding hydrogens is 821 g/mol. The quantitative estimate of drug-likeness (QED) is 0.160. The number of benzene rings is 8. The van der Waals surface area contributed by atoms with Crippen LogP contribution in [0.5, 0.6) is 0 Å². The number of para-hydroxylation sites is 1. The molecule has 316 valence electrons. The van der Waals surface area contributed by atoms with Gasteiger partial charge in [-0.05, 0) is 144 Å². The number of aromatic nitrogens is 4. The first-order chi connectivity index (χ1) is 32.6. The second-order valence-corrected chi connectivity index (χ2v) is 20.5. The predicted molar refractivity (Wildman–Crippen MR) is 274 cm³/mol. The molecule has 4 aliphatic carbocycles. The van der Waals surface area contributed by atoms with E-state index in [0.717, 1.165) is 62.2 Å². The van der Waals surface area contributed by atoms with Gasteiger partial charge in [0.2, 0.25) is 0 Å². The van der Waals surface area contributed by atoms with E-state index in [9.17, 15) is 0 Å². The smallest absolute Gasteiger partial charge is 0.165 e. The van der Waals surface area contributed by atoms with Gasteiger partial charge in [-0.3, -0.25) is 0 Å². The lowest BCUT2D eigenvalue weighted by atomic mass is 9.48. The highest BCUT2D eigenvalue weighted by atomic mass is 32.1. The molecule has 3 aromatic heterocycles. The van der Waals surface area contributed by atoms with Crippen LogP contribution in [-0.4, -0.2) is 19.5 Å². The van der Waals surface area contributed by atoms with Gasteiger partial charge in [0.25, 0.3) is 0 Å². The van der Waals surface area contributed by atoms with E-state index >= 15 is 0 Å². The molecule has 11 aromatic rings. The van der Waals surface area contributed by atoms with Crippen molar-refractivity contribution in [2.45, 2.75) is 43.9 Å².